The first-order valence-electron chi connectivity index (χ1n) is 8.37. The lowest BCUT2D eigenvalue weighted by atomic mass is 10.2. The number of rotatable bonds is 6. The monoisotopic (exact) mass is 402 g/mol. The maximum absolute atomic E-state index is 11.5. The maximum atomic E-state index is 11.5. The molecule has 1 aliphatic rings. The van der Waals surface area contributed by atoms with Crippen LogP contribution in [0.3, 0.4) is 0 Å². The van der Waals surface area contributed by atoms with E-state index in [1.165, 1.54) is 6.20 Å². The first-order valence-corrected chi connectivity index (χ1v) is 8.37. The standard InChI is InChI=1S/C18H20N6O3.H2S/c1-2-3-6-20-17-13(16(19)26)9-22-18(24-17)23-11-4-5-15-14(7-11)21-8-12(25)10-27-15;/h1,4-5,7,9,12,21,25H,3,6,8,10H2,(H2,19,26)(H2,20,22,23,24);1H2/t12-;/m0./s1. The number of benzene rings is 1. The quantitative estimate of drug-likeness (QED) is 0.357. The Labute approximate surface area is 169 Å². The van der Waals surface area contributed by atoms with Crippen LogP contribution in [-0.2, 0) is 0 Å². The van der Waals surface area contributed by atoms with Gasteiger partial charge in [0.25, 0.3) is 5.91 Å². The summed E-state index contributed by atoms with van der Waals surface area (Å²) in [7, 11) is 0. The SMILES string of the molecule is C#CCCNc1nc(Nc2ccc3c(c2)NC[C@H](O)CO3)ncc1C(N)=O.S. The van der Waals surface area contributed by atoms with Gasteiger partial charge in [-0.2, -0.15) is 18.5 Å². The van der Waals surface area contributed by atoms with E-state index in [9.17, 15) is 9.90 Å². The number of aromatic nitrogens is 2. The molecule has 0 saturated carbocycles. The van der Waals surface area contributed by atoms with Gasteiger partial charge in [0.05, 0.1) is 11.3 Å². The van der Waals surface area contributed by atoms with E-state index in [0.29, 0.717) is 36.8 Å². The molecule has 0 aliphatic carbocycles. The number of hydrogen-bond acceptors (Lipinski definition) is 8. The zero-order valence-electron chi connectivity index (χ0n) is 15.0. The van der Waals surface area contributed by atoms with Crippen LogP contribution in [0.15, 0.2) is 24.4 Å². The molecule has 2 aromatic rings. The van der Waals surface area contributed by atoms with Crippen molar-refractivity contribution in [3.63, 3.8) is 0 Å². The molecular weight excluding hydrogens is 380 g/mol. The minimum atomic E-state index is -0.630. The number of aliphatic hydroxyl groups excluding tert-OH is 1. The van der Waals surface area contributed by atoms with E-state index >= 15 is 0 Å². The summed E-state index contributed by atoms with van der Waals surface area (Å²) in [6, 6.07) is 5.41. The molecule has 0 spiro atoms. The summed E-state index contributed by atoms with van der Waals surface area (Å²) in [5, 5.41) is 18.9. The van der Waals surface area contributed by atoms with Crippen molar-refractivity contribution in [3.8, 4) is 18.1 Å². The molecule has 0 unspecified atom stereocenters. The number of hydrogen-bond donors (Lipinski definition) is 5. The molecule has 1 aromatic heterocycles. The van der Waals surface area contributed by atoms with Gasteiger partial charge in [-0.3, -0.25) is 4.79 Å². The second-order valence-electron chi connectivity index (χ2n) is 5.88. The van der Waals surface area contributed by atoms with Gasteiger partial charge in [-0.1, -0.05) is 0 Å². The molecule has 1 aliphatic heterocycles. The predicted octanol–water partition coefficient (Wildman–Crippen LogP) is 1.03. The maximum Gasteiger partial charge on any atom is 0.254 e. The van der Waals surface area contributed by atoms with Gasteiger partial charge >= 0.3 is 0 Å². The number of amides is 1. The molecule has 9 nitrogen and oxygen atoms in total. The Morgan fingerprint density at radius 3 is 3.07 bits per heavy atom. The summed E-state index contributed by atoms with van der Waals surface area (Å²) < 4.78 is 5.53. The van der Waals surface area contributed by atoms with E-state index in [-0.39, 0.29) is 31.6 Å². The Bertz CT molecular complexity index is 886. The average Bonchev–Trinajstić information content (AvgIpc) is 2.83. The molecule has 148 valence electrons. The number of nitrogens with zero attached hydrogens (tertiary/aromatic N) is 2. The van der Waals surface area contributed by atoms with Crippen LogP contribution in [0.1, 0.15) is 16.8 Å². The van der Waals surface area contributed by atoms with E-state index in [1.807, 2.05) is 6.07 Å². The van der Waals surface area contributed by atoms with Crippen LogP contribution in [-0.4, -0.2) is 46.8 Å². The zero-order valence-corrected chi connectivity index (χ0v) is 16.0. The number of carbonyl (C=O) groups excluding carboxylic acids is 1. The highest BCUT2D eigenvalue weighted by atomic mass is 32.1. The van der Waals surface area contributed by atoms with E-state index < -0.39 is 12.0 Å². The third-order valence-electron chi connectivity index (χ3n) is 3.81. The van der Waals surface area contributed by atoms with Crippen molar-refractivity contribution < 1.29 is 14.6 Å². The fraction of sp³-hybridized carbons (Fsp3) is 0.278. The molecule has 0 radical (unpaired) electrons. The van der Waals surface area contributed by atoms with Crippen LogP contribution in [0, 0.1) is 12.3 Å². The summed E-state index contributed by atoms with van der Waals surface area (Å²) in [5.41, 5.74) is 7.00. The summed E-state index contributed by atoms with van der Waals surface area (Å²) in [6.45, 7) is 1.08. The number of terminal acetylenes is 1. The lowest BCUT2D eigenvalue weighted by molar-refractivity contribution is 0.100. The van der Waals surface area contributed by atoms with Crippen molar-refractivity contribution in [1.29, 1.82) is 0 Å². The second-order valence-corrected chi connectivity index (χ2v) is 5.88. The average molecular weight is 402 g/mol. The molecule has 0 bridgehead atoms. The van der Waals surface area contributed by atoms with Crippen LogP contribution in [0.25, 0.3) is 0 Å². The van der Waals surface area contributed by atoms with Gasteiger partial charge in [-0.25, -0.2) is 4.98 Å². The summed E-state index contributed by atoms with van der Waals surface area (Å²) in [4.78, 5) is 20.0. The molecule has 0 fully saturated rings. The highest BCUT2D eigenvalue weighted by Crippen LogP contribution is 2.30. The molecule has 3 rings (SSSR count). The van der Waals surface area contributed by atoms with Gasteiger partial charge in [-0.05, 0) is 18.2 Å². The number of nitrogens with one attached hydrogen (secondary N) is 3. The van der Waals surface area contributed by atoms with Crippen LogP contribution < -0.4 is 26.4 Å². The molecule has 1 amide bonds. The molecule has 2 heterocycles. The molecule has 28 heavy (non-hydrogen) atoms. The van der Waals surface area contributed by atoms with Crippen molar-refractivity contribution in [1.82, 2.24) is 9.97 Å². The highest BCUT2D eigenvalue weighted by molar-refractivity contribution is 7.59. The number of anilines is 4. The molecule has 1 atom stereocenters. The van der Waals surface area contributed by atoms with Crippen LogP contribution in [0.4, 0.5) is 23.1 Å². The van der Waals surface area contributed by atoms with Gasteiger partial charge in [0, 0.05) is 31.4 Å². The smallest absolute Gasteiger partial charge is 0.254 e. The van der Waals surface area contributed by atoms with Gasteiger partial charge in [0.2, 0.25) is 5.95 Å². The Morgan fingerprint density at radius 2 is 2.32 bits per heavy atom. The van der Waals surface area contributed by atoms with Gasteiger partial charge in [0.15, 0.2) is 0 Å². The summed E-state index contributed by atoms with van der Waals surface area (Å²) in [6.07, 6.45) is 6.50. The first kappa shape index (κ1) is 21.1. The van der Waals surface area contributed by atoms with Crippen LogP contribution >= 0.6 is 13.5 Å². The van der Waals surface area contributed by atoms with E-state index in [2.05, 4.69) is 31.8 Å². The lowest BCUT2D eigenvalue weighted by Gasteiger charge is -2.12. The molecule has 1 aromatic carbocycles. The lowest BCUT2D eigenvalue weighted by Crippen LogP contribution is -2.23. The normalized spacial score (nSPS) is 14.8. The number of carbonyl (C=O) groups is 1. The number of primary amides is 1. The topological polar surface area (TPSA) is 134 Å². The Hall–Kier alpha value is -3.16. The van der Waals surface area contributed by atoms with Gasteiger partial charge < -0.3 is 31.5 Å². The number of aliphatic hydroxyl groups is 1. The third kappa shape index (κ3) is 5.18. The molecular formula is C18H22N6O3S. The summed E-state index contributed by atoms with van der Waals surface area (Å²) >= 11 is 0. The molecule has 0 saturated heterocycles. The fourth-order valence-electron chi connectivity index (χ4n) is 2.48. The third-order valence-corrected chi connectivity index (χ3v) is 3.81. The highest BCUT2D eigenvalue weighted by Gasteiger charge is 2.16. The number of ether oxygens (including phenoxy) is 1. The van der Waals surface area contributed by atoms with Gasteiger partial charge in [-0.15, -0.1) is 12.3 Å². The molecule has 10 heteroatoms. The Balaban J connectivity index is 0.00000280. The second kappa shape index (κ2) is 9.68. The van der Waals surface area contributed by atoms with E-state index in [1.54, 1.807) is 12.1 Å². The minimum absolute atomic E-state index is 0. The van der Waals surface area contributed by atoms with Crippen molar-refractivity contribution in [2.24, 2.45) is 5.73 Å². The van der Waals surface area contributed by atoms with E-state index in [4.69, 9.17) is 16.9 Å². The van der Waals surface area contributed by atoms with Crippen molar-refractivity contribution in [2.75, 3.05) is 35.6 Å². The van der Waals surface area contributed by atoms with Crippen molar-refractivity contribution in [3.05, 3.63) is 30.0 Å². The van der Waals surface area contributed by atoms with Crippen LogP contribution in [0.2, 0.25) is 0 Å². The number of β-amino-alcohol motifs (C(OH)–C–C–N with tert-alkyl or cyclic N) is 1. The van der Waals surface area contributed by atoms with Crippen molar-refractivity contribution >= 4 is 42.5 Å². The minimum Gasteiger partial charge on any atom is -0.489 e. The predicted molar refractivity (Wildman–Crippen MR) is 113 cm³/mol. The van der Waals surface area contributed by atoms with E-state index in [0.717, 1.165) is 5.69 Å². The number of fused-ring (bicyclic) bond motifs is 1. The Morgan fingerprint density at radius 1 is 1.50 bits per heavy atom. The largest absolute Gasteiger partial charge is 0.489 e. The Kier molecular flexibility index (Phi) is 7.31. The van der Waals surface area contributed by atoms with Crippen molar-refractivity contribution in [2.45, 2.75) is 12.5 Å². The first-order chi connectivity index (χ1) is 13.1. The van der Waals surface area contributed by atoms with Gasteiger partial charge in [0.1, 0.15) is 24.3 Å². The van der Waals surface area contributed by atoms with Crippen LogP contribution in [0.5, 0.6) is 5.75 Å². The summed E-state index contributed by atoms with van der Waals surface area (Å²) in [5.74, 6) is 3.13. The molecule has 6 N–H and O–H groups in total. The number of nitrogens with two attached hydrogens (primary N) is 1. The fourth-order valence-corrected chi connectivity index (χ4v) is 2.48. The zero-order chi connectivity index (χ0) is 19.2.